The van der Waals surface area contributed by atoms with Crippen LogP contribution in [0.3, 0.4) is 0 Å². The minimum absolute atomic E-state index is 0.0764. The third-order valence-electron chi connectivity index (χ3n) is 5.56. The van der Waals surface area contributed by atoms with Crippen LogP contribution in [-0.4, -0.2) is 21.3 Å². The molecule has 154 valence electrons. The summed E-state index contributed by atoms with van der Waals surface area (Å²) in [7, 11) is 0. The Kier molecular flexibility index (Phi) is 5.00. The standard InChI is InChI=1S/C25H20N2O3S/c28-22-14-18(13-17-9-6-8-16-7-4-5-12-20(16)17)23(29)25-27(22)21(15-31-25)24(30)26-19-10-2-1-3-11-19/h1-12,14,21,29H,13,15H2,(H,26,30)/t21-/m0/s1. The van der Waals surface area contributed by atoms with Crippen molar-refractivity contribution in [2.24, 2.45) is 0 Å². The van der Waals surface area contributed by atoms with Crippen molar-refractivity contribution in [3.8, 4) is 5.75 Å². The highest BCUT2D eigenvalue weighted by molar-refractivity contribution is 7.99. The average Bonchev–Trinajstić information content (AvgIpc) is 3.25. The highest BCUT2D eigenvalue weighted by atomic mass is 32.2. The molecule has 1 aliphatic heterocycles. The van der Waals surface area contributed by atoms with Gasteiger partial charge in [0.15, 0.2) is 0 Å². The lowest BCUT2D eigenvalue weighted by molar-refractivity contribution is -0.118. The van der Waals surface area contributed by atoms with Crippen LogP contribution in [0, 0.1) is 0 Å². The fourth-order valence-corrected chi connectivity index (χ4v) is 5.27. The van der Waals surface area contributed by atoms with Crippen molar-refractivity contribution in [3.05, 3.63) is 100 Å². The molecule has 2 N–H and O–H groups in total. The maximum Gasteiger partial charge on any atom is 0.252 e. The van der Waals surface area contributed by atoms with Gasteiger partial charge in [0, 0.05) is 29.5 Å². The van der Waals surface area contributed by atoms with Gasteiger partial charge in [0.05, 0.1) is 0 Å². The number of anilines is 1. The molecule has 5 nitrogen and oxygen atoms in total. The lowest BCUT2D eigenvalue weighted by Gasteiger charge is -2.16. The van der Waals surface area contributed by atoms with Crippen LogP contribution < -0.4 is 10.9 Å². The first kappa shape index (κ1) is 19.5. The monoisotopic (exact) mass is 428 g/mol. The molecule has 5 rings (SSSR count). The normalized spacial score (nSPS) is 15.0. The Hall–Kier alpha value is -3.51. The zero-order chi connectivity index (χ0) is 21.4. The van der Waals surface area contributed by atoms with Gasteiger partial charge in [-0.3, -0.25) is 14.2 Å². The first-order chi connectivity index (χ1) is 15.1. The number of amides is 1. The minimum atomic E-state index is -0.662. The first-order valence-corrected chi connectivity index (χ1v) is 11.0. The number of pyridine rings is 1. The topological polar surface area (TPSA) is 71.3 Å². The number of aromatic nitrogens is 1. The van der Waals surface area contributed by atoms with Crippen molar-refractivity contribution in [2.75, 3.05) is 11.1 Å². The molecule has 0 bridgehead atoms. The summed E-state index contributed by atoms with van der Waals surface area (Å²) in [6.07, 6.45) is 0.442. The second-order valence-electron chi connectivity index (χ2n) is 7.53. The number of carbonyl (C=O) groups excluding carboxylic acids is 1. The fraction of sp³-hybridized carbons (Fsp3) is 0.120. The number of fused-ring (bicyclic) bond motifs is 2. The highest BCUT2D eigenvalue weighted by Gasteiger charge is 2.33. The van der Waals surface area contributed by atoms with Crippen molar-refractivity contribution < 1.29 is 9.90 Å². The van der Waals surface area contributed by atoms with E-state index in [2.05, 4.69) is 5.32 Å². The number of aromatic hydroxyl groups is 1. The van der Waals surface area contributed by atoms with Crippen LogP contribution in [-0.2, 0) is 11.2 Å². The number of para-hydroxylation sites is 1. The predicted molar refractivity (Wildman–Crippen MR) is 124 cm³/mol. The van der Waals surface area contributed by atoms with E-state index in [0.717, 1.165) is 16.3 Å². The second-order valence-corrected chi connectivity index (χ2v) is 8.54. The van der Waals surface area contributed by atoms with Crippen molar-refractivity contribution in [1.82, 2.24) is 4.57 Å². The summed E-state index contributed by atoms with van der Waals surface area (Å²) in [5.41, 5.74) is 2.01. The summed E-state index contributed by atoms with van der Waals surface area (Å²) in [5, 5.41) is 16.5. The van der Waals surface area contributed by atoms with Gasteiger partial charge in [0.25, 0.3) is 5.56 Å². The molecule has 0 fully saturated rings. The Bertz CT molecular complexity index is 1340. The molecule has 6 heteroatoms. The van der Waals surface area contributed by atoms with Gasteiger partial charge in [-0.25, -0.2) is 0 Å². The smallest absolute Gasteiger partial charge is 0.252 e. The quantitative estimate of drug-likeness (QED) is 0.499. The van der Waals surface area contributed by atoms with E-state index in [1.165, 1.54) is 22.4 Å². The number of hydrogen-bond donors (Lipinski definition) is 2. The van der Waals surface area contributed by atoms with Gasteiger partial charge in [-0.1, -0.05) is 60.7 Å². The molecule has 1 aromatic heterocycles. The van der Waals surface area contributed by atoms with Crippen LogP contribution in [0.4, 0.5) is 5.69 Å². The van der Waals surface area contributed by atoms with Crippen LogP contribution in [0.2, 0.25) is 0 Å². The van der Waals surface area contributed by atoms with E-state index in [9.17, 15) is 14.7 Å². The van der Waals surface area contributed by atoms with Crippen LogP contribution in [0.15, 0.2) is 88.7 Å². The zero-order valence-electron chi connectivity index (χ0n) is 16.6. The van der Waals surface area contributed by atoms with E-state index >= 15 is 0 Å². The van der Waals surface area contributed by atoms with Gasteiger partial charge in [-0.05, 0) is 28.5 Å². The summed E-state index contributed by atoms with van der Waals surface area (Å²) in [4.78, 5) is 25.8. The summed E-state index contributed by atoms with van der Waals surface area (Å²) in [5.74, 6) is 0.215. The molecule has 0 saturated heterocycles. The largest absolute Gasteiger partial charge is 0.505 e. The number of thioether (sulfide) groups is 1. The van der Waals surface area contributed by atoms with E-state index in [1.54, 1.807) is 12.1 Å². The Balaban J connectivity index is 1.48. The Morgan fingerprint density at radius 3 is 2.58 bits per heavy atom. The number of nitrogens with one attached hydrogen (secondary N) is 1. The summed E-state index contributed by atoms with van der Waals surface area (Å²) >= 11 is 1.34. The molecule has 31 heavy (non-hydrogen) atoms. The molecule has 0 unspecified atom stereocenters. The number of nitrogens with zero attached hydrogens (tertiary/aromatic N) is 1. The predicted octanol–water partition coefficient (Wildman–Crippen LogP) is 4.58. The first-order valence-electron chi connectivity index (χ1n) is 10.0. The Morgan fingerprint density at radius 2 is 1.74 bits per heavy atom. The molecule has 1 amide bonds. The van der Waals surface area contributed by atoms with Gasteiger partial charge < -0.3 is 10.4 Å². The van der Waals surface area contributed by atoms with E-state index in [1.807, 2.05) is 60.7 Å². The van der Waals surface area contributed by atoms with Crippen molar-refractivity contribution in [3.63, 3.8) is 0 Å². The van der Waals surface area contributed by atoms with Gasteiger partial charge in [0.1, 0.15) is 16.8 Å². The number of benzene rings is 3. The van der Waals surface area contributed by atoms with Gasteiger partial charge in [-0.15, -0.1) is 11.8 Å². The van der Waals surface area contributed by atoms with Crippen LogP contribution in [0.25, 0.3) is 10.8 Å². The van der Waals surface area contributed by atoms with Crippen LogP contribution >= 0.6 is 11.8 Å². The number of rotatable bonds is 4. The molecule has 3 aromatic carbocycles. The third kappa shape index (κ3) is 3.59. The summed E-state index contributed by atoms with van der Waals surface area (Å²) in [6, 6.07) is 24.0. The van der Waals surface area contributed by atoms with Gasteiger partial charge >= 0.3 is 0 Å². The number of carbonyl (C=O) groups is 1. The van der Waals surface area contributed by atoms with Crippen molar-refractivity contribution >= 4 is 34.1 Å². The van der Waals surface area contributed by atoms with Crippen LogP contribution in [0.1, 0.15) is 17.2 Å². The van der Waals surface area contributed by atoms with Crippen molar-refractivity contribution in [2.45, 2.75) is 17.5 Å². The van der Waals surface area contributed by atoms with Crippen LogP contribution in [0.5, 0.6) is 5.75 Å². The molecule has 4 aromatic rings. The van der Waals surface area contributed by atoms with E-state index < -0.39 is 6.04 Å². The second kappa shape index (κ2) is 7.96. The molecular weight excluding hydrogens is 408 g/mol. The maximum absolute atomic E-state index is 13.0. The molecule has 1 aliphatic rings. The van der Waals surface area contributed by atoms with E-state index in [0.29, 0.717) is 28.5 Å². The molecule has 2 heterocycles. The van der Waals surface area contributed by atoms with E-state index in [4.69, 9.17) is 0 Å². The molecule has 0 aliphatic carbocycles. The third-order valence-corrected chi connectivity index (χ3v) is 6.70. The lowest BCUT2D eigenvalue weighted by Crippen LogP contribution is -2.32. The molecule has 0 radical (unpaired) electrons. The molecule has 0 spiro atoms. The minimum Gasteiger partial charge on any atom is -0.505 e. The molecular formula is C25H20N2O3S. The fourth-order valence-electron chi connectivity index (χ4n) is 4.03. The zero-order valence-corrected chi connectivity index (χ0v) is 17.4. The summed E-state index contributed by atoms with van der Waals surface area (Å²) < 4.78 is 1.41. The Labute approximate surface area is 183 Å². The average molecular weight is 429 g/mol. The van der Waals surface area contributed by atoms with E-state index in [-0.39, 0.29) is 17.2 Å². The van der Waals surface area contributed by atoms with Crippen molar-refractivity contribution in [1.29, 1.82) is 0 Å². The van der Waals surface area contributed by atoms with Gasteiger partial charge in [-0.2, -0.15) is 0 Å². The Morgan fingerprint density at radius 1 is 1.00 bits per heavy atom. The SMILES string of the molecule is O=C(Nc1ccccc1)[C@@H]1CSc2c(O)c(Cc3cccc4ccccc34)cc(=O)n21. The number of hydrogen-bond acceptors (Lipinski definition) is 4. The maximum atomic E-state index is 13.0. The molecule has 0 saturated carbocycles. The highest BCUT2D eigenvalue weighted by Crippen LogP contribution is 2.40. The van der Waals surface area contributed by atoms with Gasteiger partial charge in [0.2, 0.25) is 5.91 Å². The molecule has 1 atom stereocenters. The summed E-state index contributed by atoms with van der Waals surface area (Å²) in [6.45, 7) is 0. The lowest BCUT2D eigenvalue weighted by atomic mass is 9.98.